The maximum atomic E-state index is 11.2. The van der Waals surface area contributed by atoms with Gasteiger partial charge in [-0.3, -0.25) is 0 Å². The molecule has 0 amide bonds. The highest BCUT2D eigenvalue weighted by molar-refractivity contribution is 6.74. The summed E-state index contributed by atoms with van der Waals surface area (Å²) in [6.07, 6.45) is 8.59. The summed E-state index contributed by atoms with van der Waals surface area (Å²) in [7, 11) is -1.74. The molecule has 30 heavy (non-hydrogen) atoms. The molecule has 1 saturated carbocycles. The summed E-state index contributed by atoms with van der Waals surface area (Å²) in [5.41, 5.74) is 3.37. The number of rotatable bonds is 5. The van der Waals surface area contributed by atoms with Crippen LogP contribution in [0.1, 0.15) is 64.5 Å². The van der Waals surface area contributed by atoms with E-state index in [1.807, 2.05) is 24.7 Å². The second-order valence-electron chi connectivity index (χ2n) is 10.6. The lowest BCUT2D eigenvalue weighted by Crippen LogP contribution is -2.45. The molecule has 2 aliphatic rings. The first kappa shape index (κ1) is 22.1. The summed E-state index contributed by atoms with van der Waals surface area (Å²) in [6.45, 7) is 11.5. The van der Waals surface area contributed by atoms with Crippen LogP contribution in [0, 0.1) is 5.92 Å². The lowest BCUT2D eigenvalue weighted by Gasteiger charge is -2.42. The summed E-state index contributed by atoms with van der Waals surface area (Å²) in [4.78, 5) is 4.33. The van der Waals surface area contributed by atoms with Crippen molar-refractivity contribution in [2.45, 2.75) is 89.3 Å². The molecule has 1 N–H and O–H groups in total. The molecule has 0 spiro atoms. The molecule has 2 atom stereocenters. The first-order valence-electron chi connectivity index (χ1n) is 11.2. The molecular weight excluding hydrogens is 412 g/mol. The molecule has 6 heteroatoms. The summed E-state index contributed by atoms with van der Waals surface area (Å²) in [5.74, 6) is 0.322. The SMILES string of the molecule is CC(C)(C)[Si](C)(C)OC1CCC(C(O)CC2c3c(Cl)cccc3-c3cncn32)CC1. The highest BCUT2D eigenvalue weighted by Gasteiger charge is 2.41. The number of halogens is 1. The Bertz CT molecular complexity index is 897. The van der Waals surface area contributed by atoms with Crippen LogP contribution in [-0.4, -0.2) is 35.2 Å². The maximum absolute atomic E-state index is 11.2. The van der Waals surface area contributed by atoms with Gasteiger partial charge in [-0.05, 0) is 62.2 Å². The van der Waals surface area contributed by atoms with E-state index in [1.54, 1.807) is 0 Å². The molecule has 2 unspecified atom stereocenters. The van der Waals surface area contributed by atoms with E-state index in [0.717, 1.165) is 47.5 Å². The molecule has 0 saturated heterocycles. The first-order chi connectivity index (χ1) is 14.1. The van der Waals surface area contributed by atoms with Crippen LogP contribution < -0.4 is 0 Å². The van der Waals surface area contributed by atoms with Gasteiger partial charge in [-0.15, -0.1) is 0 Å². The number of hydrogen-bond donors (Lipinski definition) is 1. The molecule has 0 bridgehead atoms. The van der Waals surface area contributed by atoms with Crippen molar-refractivity contribution in [1.82, 2.24) is 9.55 Å². The predicted octanol–water partition coefficient (Wildman–Crippen LogP) is 6.44. The molecule has 2 heterocycles. The van der Waals surface area contributed by atoms with Crippen molar-refractivity contribution in [3.05, 3.63) is 41.3 Å². The van der Waals surface area contributed by atoms with Crippen molar-refractivity contribution in [2.75, 3.05) is 0 Å². The number of aliphatic hydroxyl groups excluding tert-OH is 1. The fourth-order valence-electron chi connectivity index (χ4n) is 4.84. The van der Waals surface area contributed by atoms with E-state index in [1.165, 1.54) is 0 Å². The van der Waals surface area contributed by atoms with Gasteiger partial charge in [0, 0.05) is 22.3 Å². The zero-order valence-corrected chi connectivity index (χ0v) is 20.6. The van der Waals surface area contributed by atoms with Gasteiger partial charge in [0.05, 0.1) is 30.4 Å². The average molecular weight is 447 g/mol. The van der Waals surface area contributed by atoms with Gasteiger partial charge in [0.1, 0.15) is 0 Å². The van der Waals surface area contributed by atoms with E-state index in [2.05, 4.69) is 49.5 Å². The smallest absolute Gasteiger partial charge is 0.192 e. The number of fused-ring (bicyclic) bond motifs is 3. The Morgan fingerprint density at radius 2 is 1.93 bits per heavy atom. The van der Waals surface area contributed by atoms with E-state index < -0.39 is 8.32 Å². The highest BCUT2D eigenvalue weighted by Crippen LogP contribution is 2.46. The van der Waals surface area contributed by atoms with Crippen molar-refractivity contribution in [3.63, 3.8) is 0 Å². The van der Waals surface area contributed by atoms with Gasteiger partial charge in [-0.1, -0.05) is 44.5 Å². The Morgan fingerprint density at radius 3 is 2.60 bits per heavy atom. The van der Waals surface area contributed by atoms with Gasteiger partial charge in [0.2, 0.25) is 0 Å². The van der Waals surface area contributed by atoms with Crippen molar-refractivity contribution in [2.24, 2.45) is 5.92 Å². The lowest BCUT2D eigenvalue weighted by atomic mass is 9.81. The van der Waals surface area contributed by atoms with Gasteiger partial charge >= 0.3 is 0 Å². The van der Waals surface area contributed by atoms with Crippen LogP contribution in [0.4, 0.5) is 0 Å². The van der Waals surface area contributed by atoms with Gasteiger partial charge in [0.25, 0.3) is 0 Å². The lowest BCUT2D eigenvalue weighted by molar-refractivity contribution is 0.0364. The second kappa shape index (κ2) is 8.08. The van der Waals surface area contributed by atoms with E-state index >= 15 is 0 Å². The molecule has 1 aromatic carbocycles. The molecule has 2 aromatic rings. The van der Waals surface area contributed by atoms with Crippen LogP contribution in [0.5, 0.6) is 0 Å². The van der Waals surface area contributed by atoms with E-state index in [9.17, 15) is 5.11 Å². The number of benzene rings is 1. The van der Waals surface area contributed by atoms with E-state index in [0.29, 0.717) is 18.4 Å². The third-order valence-electron chi connectivity index (χ3n) is 7.66. The number of nitrogens with zero attached hydrogens (tertiary/aromatic N) is 2. The summed E-state index contributed by atoms with van der Waals surface area (Å²) in [6, 6.07) is 6.09. The Kier molecular flexibility index (Phi) is 5.95. The topological polar surface area (TPSA) is 47.3 Å². The predicted molar refractivity (Wildman–Crippen MR) is 125 cm³/mol. The van der Waals surface area contributed by atoms with Gasteiger partial charge in [-0.25, -0.2) is 4.98 Å². The number of hydrogen-bond acceptors (Lipinski definition) is 3. The zero-order valence-electron chi connectivity index (χ0n) is 18.9. The molecule has 1 aliphatic heterocycles. The van der Waals surface area contributed by atoms with Gasteiger partial charge < -0.3 is 14.1 Å². The first-order valence-corrected chi connectivity index (χ1v) is 14.5. The Hall–Kier alpha value is -1.14. The standard InChI is InChI=1S/C24H35ClN2O2Si/c1-24(2,3)30(4,5)29-17-11-9-16(10-12-17)22(28)13-20-23-18(7-6-8-19(23)25)21-14-26-15-27(20)21/h6-8,14-17,20,22,28H,9-13H2,1-5H3. The summed E-state index contributed by atoms with van der Waals surface area (Å²) in [5, 5.41) is 12.2. The number of aliphatic hydroxyl groups is 1. The number of aromatic nitrogens is 2. The fraction of sp³-hybridized carbons (Fsp3) is 0.625. The average Bonchev–Trinajstić information content (AvgIpc) is 3.24. The minimum absolute atomic E-state index is 0.0578. The van der Waals surface area contributed by atoms with E-state index in [4.69, 9.17) is 16.0 Å². The van der Waals surface area contributed by atoms with Gasteiger partial charge in [-0.2, -0.15) is 0 Å². The minimum atomic E-state index is -1.74. The second-order valence-corrected chi connectivity index (χ2v) is 15.8. The monoisotopic (exact) mass is 446 g/mol. The Balaban J connectivity index is 1.40. The Morgan fingerprint density at radius 1 is 1.23 bits per heavy atom. The molecule has 1 aromatic heterocycles. The van der Waals surface area contributed by atoms with E-state index in [-0.39, 0.29) is 17.2 Å². The van der Waals surface area contributed by atoms with Crippen LogP contribution in [-0.2, 0) is 4.43 Å². The quantitative estimate of drug-likeness (QED) is 0.537. The highest BCUT2D eigenvalue weighted by atomic mass is 35.5. The molecule has 4 rings (SSSR count). The Labute approximate surface area is 186 Å². The van der Waals surface area contributed by atoms with Crippen LogP contribution in [0.15, 0.2) is 30.7 Å². The third-order valence-corrected chi connectivity index (χ3v) is 12.5. The van der Waals surface area contributed by atoms with Crippen molar-refractivity contribution in [3.8, 4) is 11.3 Å². The molecule has 0 radical (unpaired) electrons. The zero-order chi connectivity index (χ0) is 21.7. The largest absolute Gasteiger partial charge is 0.414 e. The van der Waals surface area contributed by atoms with Crippen LogP contribution in [0.2, 0.25) is 23.2 Å². The number of imidazole rings is 1. The summed E-state index contributed by atoms with van der Waals surface area (Å²) < 4.78 is 8.80. The summed E-state index contributed by atoms with van der Waals surface area (Å²) >= 11 is 6.57. The van der Waals surface area contributed by atoms with Crippen LogP contribution >= 0.6 is 11.6 Å². The normalized spacial score (nSPS) is 25.1. The molecule has 164 valence electrons. The fourth-order valence-corrected chi connectivity index (χ4v) is 6.56. The van der Waals surface area contributed by atoms with Crippen LogP contribution in [0.3, 0.4) is 0 Å². The molecule has 4 nitrogen and oxygen atoms in total. The maximum Gasteiger partial charge on any atom is 0.192 e. The molecular formula is C24H35ClN2O2Si. The molecule has 1 aliphatic carbocycles. The van der Waals surface area contributed by atoms with Crippen LogP contribution in [0.25, 0.3) is 11.3 Å². The van der Waals surface area contributed by atoms with Crippen molar-refractivity contribution >= 4 is 19.9 Å². The van der Waals surface area contributed by atoms with Crippen molar-refractivity contribution < 1.29 is 9.53 Å². The minimum Gasteiger partial charge on any atom is -0.414 e. The van der Waals surface area contributed by atoms with Crippen molar-refractivity contribution in [1.29, 1.82) is 0 Å². The van der Waals surface area contributed by atoms with Gasteiger partial charge in [0.15, 0.2) is 8.32 Å². The third kappa shape index (κ3) is 4.02. The molecule has 1 fully saturated rings.